The second kappa shape index (κ2) is 6.25. The van der Waals surface area contributed by atoms with Crippen LogP contribution in [0, 0.1) is 5.92 Å². The summed E-state index contributed by atoms with van der Waals surface area (Å²) >= 11 is 0. The lowest BCUT2D eigenvalue weighted by atomic mass is 9.86. The minimum atomic E-state index is 0.267. The van der Waals surface area contributed by atoms with Crippen LogP contribution >= 0.6 is 0 Å². The lowest BCUT2D eigenvalue weighted by Gasteiger charge is -2.42. The Morgan fingerprint density at radius 3 is 2.63 bits per heavy atom. The molecule has 1 heterocycles. The highest BCUT2D eigenvalue weighted by Crippen LogP contribution is 2.30. The van der Waals surface area contributed by atoms with Gasteiger partial charge in [-0.15, -0.1) is 0 Å². The fourth-order valence-corrected chi connectivity index (χ4v) is 3.14. The second-order valence-electron chi connectivity index (χ2n) is 5.89. The maximum atomic E-state index is 9.67. The van der Waals surface area contributed by atoms with Crippen molar-refractivity contribution < 1.29 is 5.11 Å². The van der Waals surface area contributed by atoms with E-state index in [0.29, 0.717) is 17.8 Å². The van der Waals surface area contributed by atoms with Crippen LogP contribution in [-0.2, 0) is 6.42 Å². The normalized spacial score (nSPS) is 24.6. The standard InChI is InChI=1S/C17H25NO/c1-13(2)18-10-9-16(14(3)19)12-17(18)11-15-7-5-4-6-8-15/h4-8,13,16-17,19H,3,9-12H2,1-2H3. The molecule has 0 saturated carbocycles. The Kier molecular flexibility index (Phi) is 4.65. The maximum absolute atomic E-state index is 9.67. The predicted molar refractivity (Wildman–Crippen MR) is 80.3 cm³/mol. The number of aliphatic hydroxyl groups is 1. The van der Waals surface area contributed by atoms with Crippen LogP contribution < -0.4 is 0 Å². The van der Waals surface area contributed by atoms with Gasteiger partial charge in [0.05, 0.1) is 5.76 Å². The minimum absolute atomic E-state index is 0.267. The molecule has 1 aromatic rings. The van der Waals surface area contributed by atoms with Crippen LogP contribution in [0.4, 0.5) is 0 Å². The van der Waals surface area contributed by atoms with Crippen LogP contribution in [0.15, 0.2) is 42.7 Å². The Balaban J connectivity index is 2.09. The van der Waals surface area contributed by atoms with E-state index < -0.39 is 0 Å². The first-order valence-corrected chi connectivity index (χ1v) is 7.25. The molecule has 19 heavy (non-hydrogen) atoms. The van der Waals surface area contributed by atoms with Gasteiger partial charge in [-0.1, -0.05) is 36.9 Å². The number of piperidine rings is 1. The van der Waals surface area contributed by atoms with Gasteiger partial charge in [0.25, 0.3) is 0 Å². The SMILES string of the molecule is C=C(O)C1CCN(C(C)C)C(Cc2ccccc2)C1. The topological polar surface area (TPSA) is 23.5 Å². The Bertz CT molecular complexity index is 413. The third-order valence-corrected chi connectivity index (χ3v) is 4.21. The van der Waals surface area contributed by atoms with Gasteiger partial charge in [0.2, 0.25) is 0 Å². The number of allylic oxidation sites excluding steroid dienone is 1. The zero-order valence-corrected chi connectivity index (χ0v) is 12.0. The van der Waals surface area contributed by atoms with Crippen LogP contribution in [0.25, 0.3) is 0 Å². The van der Waals surface area contributed by atoms with Gasteiger partial charge in [-0.3, -0.25) is 4.90 Å². The summed E-state index contributed by atoms with van der Waals surface area (Å²) in [5.41, 5.74) is 1.38. The Morgan fingerprint density at radius 2 is 2.05 bits per heavy atom. The van der Waals surface area contributed by atoms with E-state index in [-0.39, 0.29) is 5.92 Å². The van der Waals surface area contributed by atoms with Gasteiger partial charge in [-0.2, -0.15) is 0 Å². The zero-order valence-electron chi connectivity index (χ0n) is 12.0. The van der Waals surface area contributed by atoms with E-state index in [2.05, 4.69) is 55.7 Å². The Morgan fingerprint density at radius 1 is 1.37 bits per heavy atom. The van der Waals surface area contributed by atoms with Crippen LogP contribution in [0.2, 0.25) is 0 Å². The number of hydrogen-bond donors (Lipinski definition) is 1. The van der Waals surface area contributed by atoms with Crippen LogP contribution in [0.1, 0.15) is 32.3 Å². The minimum Gasteiger partial charge on any atom is -0.513 e. The molecular formula is C17H25NO. The Labute approximate surface area is 116 Å². The summed E-state index contributed by atoms with van der Waals surface area (Å²) in [5.74, 6) is 0.630. The van der Waals surface area contributed by atoms with Gasteiger partial charge in [0.1, 0.15) is 0 Å². The van der Waals surface area contributed by atoms with E-state index in [1.54, 1.807) is 0 Å². The highest BCUT2D eigenvalue weighted by atomic mass is 16.3. The molecule has 0 aromatic heterocycles. The van der Waals surface area contributed by atoms with Crippen LogP contribution in [0.3, 0.4) is 0 Å². The molecular weight excluding hydrogens is 234 g/mol. The van der Waals surface area contributed by atoms with Gasteiger partial charge >= 0.3 is 0 Å². The molecule has 104 valence electrons. The van der Waals surface area contributed by atoms with E-state index in [1.165, 1.54) is 5.56 Å². The van der Waals surface area contributed by atoms with Gasteiger partial charge < -0.3 is 5.11 Å². The van der Waals surface area contributed by atoms with Gasteiger partial charge in [-0.25, -0.2) is 0 Å². The van der Waals surface area contributed by atoms with Crippen molar-refractivity contribution in [3.05, 3.63) is 48.2 Å². The summed E-state index contributed by atoms with van der Waals surface area (Å²) in [6, 6.07) is 11.7. The van der Waals surface area contributed by atoms with Gasteiger partial charge in [0, 0.05) is 18.0 Å². The largest absolute Gasteiger partial charge is 0.513 e. The predicted octanol–water partition coefficient (Wildman–Crippen LogP) is 3.79. The summed E-state index contributed by atoms with van der Waals surface area (Å²) in [6.07, 6.45) is 3.10. The van der Waals surface area contributed by atoms with E-state index in [9.17, 15) is 5.11 Å². The molecule has 2 nitrogen and oxygen atoms in total. The average molecular weight is 259 g/mol. The molecule has 1 aliphatic heterocycles. The van der Waals surface area contributed by atoms with Gasteiger partial charge in [0.15, 0.2) is 0 Å². The fourth-order valence-electron chi connectivity index (χ4n) is 3.14. The molecule has 2 heteroatoms. The van der Waals surface area contributed by atoms with Crippen molar-refractivity contribution in [2.24, 2.45) is 5.92 Å². The molecule has 0 amide bonds. The van der Waals surface area contributed by atoms with E-state index >= 15 is 0 Å². The zero-order chi connectivity index (χ0) is 13.8. The van der Waals surface area contributed by atoms with E-state index in [4.69, 9.17) is 0 Å². The fraction of sp³-hybridized carbons (Fsp3) is 0.529. The monoisotopic (exact) mass is 259 g/mol. The molecule has 1 aromatic carbocycles. The highest BCUT2D eigenvalue weighted by molar-refractivity contribution is 5.16. The number of aliphatic hydroxyl groups excluding tert-OH is 1. The van der Waals surface area contributed by atoms with Crippen molar-refractivity contribution in [1.82, 2.24) is 4.90 Å². The third kappa shape index (κ3) is 3.60. The molecule has 0 bridgehead atoms. The first kappa shape index (κ1) is 14.1. The van der Waals surface area contributed by atoms with Crippen LogP contribution in [0.5, 0.6) is 0 Å². The number of hydrogen-bond acceptors (Lipinski definition) is 2. The third-order valence-electron chi connectivity index (χ3n) is 4.21. The van der Waals surface area contributed by atoms with Crippen molar-refractivity contribution in [2.75, 3.05) is 6.54 Å². The number of rotatable bonds is 4. The lowest BCUT2D eigenvalue weighted by Crippen LogP contribution is -2.47. The first-order valence-electron chi connectivity index (χ1n) is 7.25. The molecule has 0 spiro atoms. The van der Waals surface area contributed by atoms with Crippen molar-refractivity contribution in [3.63, 3.8) is 0 Å². The molecule has 1 saturated heterocycles. The molecule has 2 atom stereocenters. The average Bonchev–Trinajstić information content (AvgIpc) is 2.39. The summed E-state index contributed by atoms with van der Waals surface area (Å²) < 4.78 is 0. The first-order chi connectivity index (χ1) is 9.08. The molecule has 1 N–H and O–H groups in total. The number of likely N-dealkylation sites (tertiary alicyclic amines) is 1. The summed E-state index contributed by atoms with van der Waals surface area (Å²) in [6.45, 7) is 9.29. The summed E-state index contributed by atoms with van der Waals surface area (Å²) in [4.78, 5) is 2.56. The van der Waals surface area contributed by atoms with Crippen molar-refractivity contribution in [1.29, 1.82) is 0 Å². The quantitative estimate of drug-likeness (QED) is 0.832. The van der Waals surface area contributed by atoms with Crippen LogP contribution in [-0.4, -0.2) is 28.6 Å². The lowest BCUT2D eigenvalue weighted by molar-refractivity contribution is 0.0787. The van der Waals surface area contributed by atoms with Gasteiger partial charge in [-0.05, 0) is 45.2 Å². The maximum Gasteiger partial charge on any atom is 0.0882 e. The molecule has 0 aliphatic carbocycles. The summed E-state index contributed by atoms with van der Waals surface area (Å²) in [5, 5.41) is 9.67. The second-order valence-corrected chi connectivity index (χ2v) is 5.89. The van der Waals surface area contributed by atoms with Crippen molar-refractivity contribution in [2.45, 2.75) is 45.2 Å². The van der Waals surface area contributed by atoms with E-state index in [1.807, 2.05) is 0 Å². The highest BCUT2D eigenvalue weighted by Gasteiger charge is 2.31. The number of nitrogens with zero attached hydrogens (tertiary/aromatic N) is 1. The molecule has 2 unspecified atom stereocenters. The smallest absolute Gasteiger partial charge is 0.0882 e. The summed E-state index contributed by atoms with van der Waals surface area (Å²) in [7, 11) is 0. The molecule has 2 rings (SSSR count). The number of benzene rings is 1. The van der Waals surface area contributed by atoms with Crippen molar-refractivity contribution in [3.8, 4) is 0 Å². The van der Waals surface area contributed by atoms with Crippen molar-refractivity contribution >= 4 is 0 Å². The molecule has 1 fully saturated rings. The molecule has 0 radical (unpaired) electrons. The molecule has 1 aliphatic rings. The van der Waals surface area contributed by atoms with E-state index in [0.717, 1.165) is 25.8 Å². The Hall–Kier alpha value is -1.28.